The van der Waals surface area contributed by atoms with Crippen LogP contribution in [-0.4, -0.2) is 18.8 Å². The topological polar surface area (TPSA) is 12.0 Å². The predicted molar refractivity (Wildman–Crippen MR) is 71.0 cm³/mol. The largest absolute Gasteiger partial charge is 0.391 e. The summed E-state index contributed by atoms with van der Waals surface area (Å²) in [4.78, 5) is 0. The van der Waals surface area contributed by atoms with Crippen LogP contribution in [0.25, 0.3) is 0 Å². The van der Waals surface area contributed by atoms with Gasteiger partial charge in [-0.3, -0.25) is 0 Å². The molecule has 19 heavy (non-hydrogen) atoms. The zero-order valence-electron chi connectivity index (χ0n) is 11.4. The highest BCUT2D eigenvalue weighted by molar-refractivity contribution is 5.05. The molecule has 0 radical (unpaired) electrons. The van der Waals surface area contributed by atoms with Crippen LogP contribution in [-0.2, 0) is 0 Å². The van der Waals surface area contributed by atoms with E-state index in [1.54, 1.807) is 0 Å². The van der Waals surface area contributed by atoms with Gasteiger partial charge in [-0.25, -0.2) is 0 Å². The van der Waals surface area contributed by atoms with Crippen molar-refractivity contribution in [2.75, 3.05) is 6.54 Å². The average Bonchev–Trinajstić information content (AvgIpc) is 2.39. The van der Waals surface area contributed by atoms with Crippen LogP contribution in [0.15, 0.2) is 11.6 Å². The van der Waals surface area contributed by atoms with Gasteiger partial charge in [-0.1, -0.05) is 18.1 Å². The average molecular weight is 275 g/mol. The number of halogens is 3. The van der Waals surface area contributed by atoms with Crippen LogP contribution >= 0.6 is 0 Å². The molecule has 2 atom stereocenters. The number of hydrogen-bond acceptors (Lipinski definition) is 1. The third-order valence-electron chi connectivity index (χ3n) is 4.40. The fraction of sp³-hybridized carbons (Fsp3) is 0.867. The lowest BCUT2D eigenvalue weighted by molar-refractivity contribution is -0.183. The molecular formula is C15H24F3N. The van der Waals surface area contributed by atoms with Crippen LogP contribution < -0.4 is 5.32 Å². The molecule has 0 heterocycles. The second-order valence-electron chi connectivity index (χ2n) is 5.91. The molecule has 0 aromatic heterocycles. The van der Waals surface area contributed by atoms with E-state index in [0.717, 1.165) is 19.4 Å². The molecule has 0 amide bonds. The van der Waals surface area contributed by atoms with Crippen LogP contribution in [0.3, 0.4) is 0 Å². The predicted octanol–water partition coefficient (Wildman–Crippen LogP) is 4.59. The molecular weight excluding hydrogens is 251 g/mol. The second kappa shape index (κ2) is 6.78. The summed E-state index contributed by atoms with van der Waals surface area (Å²) in [6, 6.07) is 0.0598. The smallest absolute Gasteiger partial charge is 0.314 e. The number of alkyl halides is 3. The number of allylic oxidation sites excluding steroid dienone is 1. The monoisotopic (exact) mass is 275 g/mol. The van der Waals surface area contributed by atoms with E-state index < -0.39 is 12.1 Å². The van der Waals surface area contributed by atoms with E-state index in [1.165, 1.54) is 31.3 Å². The fourth-order valence-electron chi connectivity index (χ4n) is 3.24. The summed E-state index contributed by atoms with van der Waals surface area (Å²) in [5.74, 6) is -1.09. The van der Waals surface area contributed by atoms with E-state index in [-0.39, 0.29) is 12.5 Å². The van der Waals surface area contributed by atoms with Crippen molar-refractivity contribution < 1.29 is 13.2 Å². The Labute approximate surface area is 113 Å². The Balaban J connectivity index is 1.69. The summed E-state index contributed by atoms with van der Waals surface area (Å²) < 4.78 is 38.1. The van der Waals surface area contributed by atoms with Gasteiger partial charge < -0.3 is 5.32 Å². The summed E-state index contributed by atoms with van der Waals surface area (Å²) in [5, 5.41) is 3.33. The molecule has 0 aliphatic heterocycles. The summed E-state index contributed by atoms with van der Waals surface area (Å²) in [6.07, 6.45) is 6.39. The van der Waals surface area contributed by atoms with Crippen molar-refractivity contribution in [2.45, 2.75) is 70.0 Å². The van der Waals surface area contributed by atoms with Gasteiger partial charge in [0.25, 0.3) is 0 Å². The Morgan fingerprint density at radius 1 is 1.16 bits per heavy atom. The zero-order valence-corrected chi connectivity index (χ0v) is 11.4. The van der Waals surface area contributed by atoms with Gasteiger partial charge in [0.05, 0.1) is 5.92 Å². The van der Waals surface area contributed by atoms with Crippen LogP contribution in [0.2, 0.25) is 0 Å². The molecule has 2 aliphatic carbocycles. The van der Waals surface area contributed by atoms with Crippen LogP contribution in [0, 0.1) is 5.92 Å². The first-order chi connectivity index (χ1) is 9.05. The molecule has 0 aromatic rings. The van der Waals surface area contributed by atoms with Gasteiger partial charge in [-0.2, -0.15) is 13.2 Å². The molecule has 2 unspecified atom stereocenters. The first kappa shape index (κ1) is 14.9. The second-order valence-corrected chi connectivity index (χ2v) is 5.91. The molecule has 0 aromatic carbocycles. The van der Waals surface area contributed by atoms with E-state index >= 15 is 0 Å². The molecule has 1 N–H and O–H groups in total. The van der Waals surface area contributed by atoms with Crippen LogP contribution in [0.4, 0.5) is 13.2 Å². The molecule has 4 heteroatoms. The van der Waals surface area contributed by atoms with Gasteiger partial charge in [0, 0.05) is 6.04 Å². The number of rotatable bonds is 4. The summed E-state index contributed by atoms with van der Waals surface area (Å²) in [5.41, 5.74) is 1.49. The van der Waals surface area contributed by atoms with Gasteiger partial charge >= 0.3 is 6.18 Å². The maximum Gasteiger partial charge on any atom is 0.391 e. The SMILES string of the molecule is FC(F)(F)C1CCCC(NCCC2=CCCCC2)C1. The fourth-order valence-corrected chi connectivity index (χ4v) is 3.24. The van der Waals surface area contributed by atoms with Crippen molar-refractivity contribution in [3.8, 4) is 0 Å². The maximum absolute atomic E-state index is 12.7. The molecule has 0 bridgehead atoms. The lowest BCUT2D eigenvalue weighted by atomic mass is 9.85. The van der Waals surface area contributed by atoms with E-state index in [0.29, 0.717) is 12.8 Å². The Morgan fingerprint density at radius 3 is 2.68 bits per heavy atom. The third kappa shape index (κ3) is 4.83. The first-order valence-corrected chi connectivity index (χ1v) is 7.53. The molecule has 1 nitrogen and oxygen atoms in total. The van der Waals surface area contributed by atoms with Crippen molar-refractivity contribution in [1.82, 2.24) is 5.32 Å². The van der Waals surface area contributed by atoms with Gasteiger partial charge in [0.15, 0.2) is 0 Å². The molecule has 0 spiro atoms. The standard InChI is InChI=1S/C15H24F3N/c16-15(17,18)13-7-4-8-14(11-13)19-10-9-12-5-2-1-3-6-12/h5,13-14,19H,1-4,6-11H2. The lowest BCUT2D eigenvalue weighted by Crippen LogP contribution is -2.39. The number of hydrogen-bond donors (Lipinski definition) is 1. The summed E-state index contributed by atoms with van der Waals surface area (Å²) in [6.45, 7) is 0.834. The Morgan fingerprint density at radius 2 is 2.00 bits per heavy atom. The molecule has 1 fully saturated rings. The van der Waals surface area contributed by atoms with E-state index in [9.17, 15) is 13.2 Å². The van der Waals surface area contributed by atoms with Gasteiger partial charge in [0.2, 0.25) is 0 Å². The molecule has 110 valence electrons. The minimum atomic E-state index is -4.01. The number of nitrogens with one attached hydrogen (secondary N) is 1. The molecule has 2 rings (SSSR count). The van der Waals surface area contributed by atoms with E-state index in [1.807, 2.05) is 0 Å². The van der Waals surface area contributed by atoms with Gasteiger partial charge in [0.1, 0.15) is 0 Å². The Kier molecular flexibility index (Phi) is 5.31. The Bertz CT molecular complexity index is 309. The minimum absolute atomic E-state index is 0.0598. The first-order valence-electron chi connectivity index (χ1n) is 7.53. The Hall–Kier alpha value is -0.510. The highest BCUT2D eigenvalue weighted by Crippen LogP contribution is 2.37. The van der Waals surface area contributed by atoms with Crippen LogP contribution in [0.5, 0.6) is 0 Å². The maximum atomic E-state index is 12.7. The van der Waals surface area contributed by atoms with Crippen molar-refractivity contribution in [3.63, 3.8) is 0 Å². The van der Waals surface area contributed by atoms with E-state index in [2.05, 4.69) is 11.4 Å². The van der Waals surface area contributed by atoms with Gasteiger partial charge in [-0.05, 0) is 57.9 Å². The summed E-state index contributed by atoms with van der Waals surface area (Å²) in [7, 11) is 0. The molecule has 2 aliphatic rings. The zero-order chi connectivity index (χ0) is 13.7. The minimum Gasteiger partial charge on any atom is -0.314 e. The lowest BCUT2D eigenvalue weighted by Gasteiger charge is -2.31. The highest BCUT2D eigenvalue weighted by Gasteiger charge is 2.41. The van der Waals surface area contributed by atoms with E-state index in [4.69, 9.17) is 0 Å². The van der Waals surface area contributed by atoms with Gasteiger partial charge in [-0.15, -0.1) is 0 Å². The molecule has 1 saturated carbocycles. The van der Waals surface area contributed by atoms with Crippen molar-refractivity contribution >= 4 is 0 Å². The highest BCUT2D eigenvalue weighted by atomic mass is 19.4. The summed E-state index contributed by atoms with van der Waals surface area (Å²) >= 11 is 0. The van der Waals surface area contributed by atoms with Crippen molar-refractivity contribution in [3.05, 3.63) is 11.6 Å². The molecule has 0 saturated heterocycles. The van der Waals surface area contributed by atoms with Crippen LogP contribution in [0.1, 0.15) is 57.8 Å². The van der Waals surface area contributed by atoms with Crippen molar-refractivity contribution in [2.24, 2.45) is 5.92 Å². The third-order valence-corrected chi connectivity index (χ3v) is 4.40. The quantitative estimate of drug-likeness (QED) is 0.740. The van der Waals surface area contributed by atoms with Crippen molar-refractivity contribution in [1.29, 1.82) is 0 Å². The normalized spacial score (nSPS) is 29.1.